The molecule has 2 aromatic rings. The van der Waals surface area contributed by atoms with Crippen LogP contribution in [0, 0.1) is 0 Å². The van der Waals surface area contributed by atoms with Crippen molar-refractivity contribution in [3.8, 4) is 11.5 Å². The number of ketones is 1. The standard InChI is InChI=1S/C25H30N2O6/c1-5-33-25(30)14-21-20-13-23(32-4)22(31-3)12-18(20)10-11-27(21)15-24(29)26-19-8-6-17(7-9-19)16(2)28/h6-9,12-13,21H,5,10-11,14-15H2,1-4H3,(H,26,29)/t21-/m1/s1. The molecule has 0 saturated heterocycles. The highest BCUT2D eigenvalue weighted by Gasteiger charge is 2.32. The summed E-state index contributed by atoms with van der Waals surface area (Å²) in [7, 11) is 3.15. The number of nitrogens with one attached hydrogen (secondary N) is 1. The van der Waals surface area contributed by atoms with Gasteiger partial charge in [0.15, 0.2) is 17.3 Å². The minimum absolute atomic E-state index is 0.0336. The van der Waals surface area contributed by atoms with Crippen LogP contribution in [-0.4, -0.2) is 56.5 Å². The van der Waals surface area contributed by atoms with Gasteiger partial charge in [-0.1, -0.05) is 0 Å². The largest absolute Gasteiger partial charge is 0.493 e. The van der Waals surface area contributed by atoms with E-state index in [1.807, 2.05) is 17.0 Å². The first-order valence-electron chi connectivity index (χ1n) is 10.9. The fourth-order valence-electron chi connectivity index (χ4n) is 4.06. The predicted molar refractivity (Wildman–Crippen MR) is 124 cm³/mol. The van der Waals surface area contributed by atoms with Crippen LogP contribution in [0.5, 0.6) is 11.5 Å². The molecule has 1 aliphatic heterocycles. The van der Waals surface area contributed by atoms with Gasteiger partial charge in [0, 0.05) is 23.8 Å². The number of esters is 1. The molecule has 0 aliphatic carbocycles. The number of carbonyl (C=O) groups is 3. The summed E-state index contributed by atoms with van der Waals surface area (Å²) in [4.78, 5) is 38.6. The van der Waals surface area contributed by atoms with Crippen molar-refractivity contribution >= 4 is 23.3 Å². The number of ether oxygens (including phenoxy) is 3. The Morgan fingerprint density at radius 2 is 1.73 bits per heavy atom. The van der Waals surface area contributed by atoms with Crippen LogP contribution in [0.15, 0.2) is 36.4 Å². The number of nitrogens with zero attached hydrogens (tertiary/aromatic N) is 1. The van der Waals surface area contributed by atoms with Crippen LogP contribution in [0.1, 0.15) is 47.8 Å². The van der Waals surface area contributed by atoms with E-state index in [0.717, 1.165) is 11.1 Å². The number of benzene rings is 2. The summed E-state index contributed by atoms with van der Waals surface area (Å²) in [6, 6.07) is 10.2. The molecule has 0 radical (unpaired) electrons. The fourth-order valence-corrected chi connectivity index (χ4v) is 4.06. The van der Waals surface area contributed by atoms with Crippen molar-refractivity contribution in [1.29, 1.82) is 0 Å². The van der Waals surface area contributed by atoms with Crippen molar-refractivity contribution in [2.45, 2.75) is 32.7 Å². The molecule has 2 aromatic carbocycles. The van der Waals surface area contributed by atoms with Crippen molar-refractivity contribution in [3.63, 3.8) is 0 Å². The molecule has 0 saturated carbocycles. The molecule has 1 heterocycles. The van der Waals surface area contributed by atoms with Gasteiger partial charge in [-0.2, -0.15) is 0 Å². The Labute approximate surface area is 193 Å². The number of Topliss-reactive ketones (excluding diaryl/α,β-unsaturated/α-hetero) is 1. The maximum absolute atomic E-state index is 12.8. The minimum atomic E-state index is -0.335. The highest BCUT2D eigenvalue weighted by atomic mass is 16.5. The van der Waals surface area contributed by atoms with Crippen LogP contribution < -0.4 is 14.8 Å². The second-order valence-electron chi connectivity index (χ2n) is 7.83. The molecular formula is C25H30N2O6. The van der Waals surface area contributed by atoms with Crippen LogP contribution >= 0.6 is 0 Å². The number of carbonyl (C=O) groups excluding carboxylic acids is 3. The number of hydrogen-bond acceptors (Lipinski definition) is 7. The van der Waals surface area contributed by atoms with Crippen LogP contribution in [-0.2, 0) is 20.7 Å². The first-order valence-corrected chi connectivity index (χ1v) is 10.9. The number of anilines is 1. The van der Waals surface area contributed by atoms with E-state index < -0.39 is 0 Å². The zero-order chi connectivity index (χ0) is 24.0. The molecule has 0 aromatic heterocycles. The van der Waals surface area contributed by atoms with Gasteiger partial charge in [-0.05, 0) is 67.8 Å². The molecule has 1 atom stereocenters. The van der Waals surface area contributed by atoms with Crippen molar-refractivity contribution in [3.05, 3.63) is 53.1 Å². The van der Waals surface area contributed by atoms with Crippen molar-refractivity contribution in [2.75, 3.05) is 39.2 Å². The zero-order valence-corrected chi connectivity index (χ0v) is 19.5. The van der Waals surface area contributed by atoms with E-state index in [9.17, 15) is 14.4 Å². The third kappa shape index (κ3) is 5.90. The molecule has 3 rings (SSSR count). The molecule has 33 heavy (non-hydrogen) atoms. The van der Waals surface area contributed by atoms with E-state index in [1.54, 1.807) is 45.4 Å². The maximum Gasteiger partial charge on any atom is 0.307 e. The second-order valence-corrected chi connectivity index (χ2v) is 7.83. The summed E-state index contributed by atoms with van der Waals surface area (Å²) in [5.74, 6) is 0.640. The molecule has 176 valence electrons. The zero-order valence-electron chi connectivity index (χ0n) is 19.5. The van der Waals surface area contributed by atoms with Crippen LogP contribution in [0.25, 0.3) is 0 Å². The van der Waals surface area contributed by atoms with Crippen LogP contribution in [0.2, 0.25) is 0 Å². The topological polar surface area (TPSA) is 94.2 Å². The summed E-state index contributed by atoms with van der Waals surface area (Å²) in [6.45, 7) is 4.26. The van der Waals surface area contributed by atoms with E-state index in [0.29, 0.717) is 42.3 Å². The lowest BCUT2D eigenvalue weighted by atomic mass is 9.90. The molecule has 1 aliphatic rings. The lowest BCUT2D eigenvalue weighted by Crippen LogP contribution is -2.41. The second kappa shape index (κ2) is 11.0. The fraction of sp³-hybridized carbons (Fsp3) is 0.400. The smallest absolute Gasteiger partial charge is 0.307 e. The Morgan fingerprint density at radius 3 is 2.33 bits per heavy atom. The molecular weight excluding hydrogens is 424 g/mol. The Bertz CT molecular complexity index is 1020. The number of methoxy groups -OCH3 is 2. The van der Waals surface area contributed by atoms with Gasteiger partial charge in [0.1, 0.15) is 0 Å². The van der Waals surface area contributed by atoms with Gasteiger partial charge in [-0.3, -0.25) is 19.3 Å². The SMILES string of the molecule is CCOC(=O)C[C@@H]1c2cc(OC)c(OC)cc2CCN1CC(=O)Nc1ccc(C(C)=O)cc1. The van der Waals surface area contributed by atoms with Gasteiger partial charge in [-0.25, -0.2) is 0 Å². The Morgan fingerprint density at radius 1 is 1.06 bits per heavy atom. The van der Waals surface area contributed by atoms with Crippen molar-refractivity contribution in [2.24, 2.45) is 0 Å². The van der Waals surface area contributed by atoms with Gasteiger partial charge < -0.3 is 19.5 Å². The van der Waals surface area contributed by atoms with Crippen LogP contribution in [0.4, 0.5) is 5.69 Å². The number of rotatable bonds is 9. The molecule has 0 fully saturated rings. The lowest BCUT2D eigenvalue weighted by Gasteiger charge is -2.37. The van der Waals surface area contributed by atoms with Crippen molar-refractivity contribution in [1.82, 2.24) is 4.90 Å². The maximum atomic E-state index is 12.8. The van der Waals surface area contributed by atoms with E-state index in [2.05, 4.69) is 5.32 Å². The highest BCUT2D eigenvalue weighted by molar-refractivity contribution is 5.96. The van der Waals surface area contributed by atoms with Gasteiger partial charge >= 0.3 is 5.97 Å². The quantitative estimate of drug-likeness (QED) is 0.458. The van der Waals surface area contributed by atoms with Crippen molar-refractivity contribution < 1.29 is 28.6 Å². The van der Waals surface area contributed by atoms with E-state index in [4.69, 9.17) is 14.2 Å². The third-order valence-electron chi connectivity index (χ3n) is 5.70. The average Bonchev–Trinajstić information content (AvgIpc) is 2.80. The summed E-state index contributed by atoms with van der Waals surface area (Å²) in [5, 5.41) is 2.87. The summed E-state index contributed by atoms with van der Waals surface area (Å²) >= 11 is 0. The number of fused-ring (bicyclic) bond motifs is 1. The van der Waals surface area contributed by atoms with E-state index >= 15 is 0 Å². The van der Waals surface area contributed by atoms with Gasteiger partial charge in [-0.15, -0.1) is 0 Å². The summed E-state index contributed by atoms with van der Waals surface area (Å²) < 4.78 is 16.1. The monoisotopic (exact) mass is 454 g/mol. The molecule has 8 heteroatoms. The normalized spacial score (nSPS) is 15.3. The molecule has 0 bridgehead atoms. The predicted octanol–water partition coefficient (Wildman–Crippen LogP) is 3.40. The van der Waals surface area contributed by atoms with Gasteiger partial charge in [0.05, 0.1) is 33.8 Å². The van der Waals surface area contributed by atoms with Gasteiger partial charge in [0.2, 0.25) is 5.91 Å². The Hall–Kier alpha value is -3.39. The van der Waals surface area contributed by atoms with E-state index in [1.165, 1.54) is 6.92 Å². The highest BCUT2D eigenvalue weighted by Crippen LogP contribution is 2.39. The molecule has 1 N–H and O–H groups in total. The lowest BCUT2D eigenvalue weighted by molar-refractivity contribution is -0.145. The minimum Gasteiger partial charge on any atom is -0.493 e. The molecule has 1 amide bonds. The Balaban J connectivity index is 1.81. The number of hydrogen-bond donors (Lipinski definition) is 1. The van der Waals surface area contributed by atoms with E-state index in [-0.39, 0.29) is 36.7 Å². The third-order valence-corrected chi connectivity index (χ3v) is 5.70. The Kier molecular flexibility index (Phi) is 8.06. The first-order chi connectivity index (χ1) is 15.9. The first kappa shape index (κ1) is 24.3. The number of amides is 1. The summed E-state index contributed by atoms with van der Waals surface area (Å²) in [6.07, 6.45) is 0.826. The molecule has 0 unspecified atom stereocenters. The summed E-state index contributed by atoms with van der Waals surface area (Å²) in [5.41, 5.74) is 3.17. The molecule has 8 nitrogen and oxygen atoms in total. The van der Waals surface area contributed by atoms with Crippen LogP contribution in [0.3, 0.4) is 0 Å². The molecule has 0 spiro atoms. The average molecular weight is 455 g/mol. The van der Waals surface area contributed by atoms with Gasteiger partial charge in [0.25, 0.3) is 0 Å².